The summed E-state index contributed by atoms with van der Waals surface area (Å²) in [6, 6.07) is 28.1. The molecule has 9 heteroatoms. The van der Waals surface area contributed by atoms with Crippen molar-refractivity contribution in [1.29, 1.82) is 0 Å². The van der Waals surface area contributed by atoms with E-state index in [0.717, 1.165) is 26.6 Å². The summed E-state index contributed by atoms with van der Waals surface area (Å²) in [6.07, 6.45) is 1.48. The van der Waals surface area contributed by atoms with Crippen molar-refractivity contribution in [3.8, 4) is 5.75 Å². The van der Waals surface area contributed by atoms with Gasteiger partial charge in [-0.25, -0.2) is 13.8 Å². The number of hydrogen-bond acceptors (Lipinski definition) is 5. The molecule has 0 aromatic heterocycles. The monoisotopic (exact) mass is 561 g/mol. The highest BCUT2D eigenvalue weighted by atomic mass is 35.5. The van der Waals surface area contributed by atoms with Crippen LogP contribution in [0.3, 0.4) is 0 Å². The minimum atomic E-state index is -4.00. The van der Waals surface area contributed by atoms with E-state index in [-0.39, 0.29) is 4.90 Å². The number of hydrogen-bond donors (Lipinski definition) is 1. The van der Waals surface area contributed by atoms with Crippen LogP contribution in [0.15, 0.2) is 107 Å². The topological polar surface area (TPSA) is 88.1 Å². The lowest BCUT2D eigenvalue weighted by Crippen LogP contribution is -2.40. The van der Waals surface area contributed by atoms with Crippen LogP contribution in [0.5, 0.6) is 5.75 Å². The minimum absolute atomic E-state index is 0.0978. The normalized spacial score (nSPS) is 11.4. The van der Waals surface area contributed by atoms with Gasteiger partial charge in [-0.1, -0.05) is 54.1 Å². The Morgan fingerprint density at radius 3 is 2.33 bits per heavy atom. The van der Waals surface area contributed by atoms with Gasteiger partial charge in [-0.2, -0.15) is 5.10 Å². The lowest BCUT2D eigenvalue weighted by molar-refractivity contribution is -0.119. The molecule has 0 bridgehead atoms. The van der Waals surface area contributed by atoms with Crippen molar-refractivity contribution in [1.82, 2.24) is 5.43 Å². The van der Waals surface area contributed by atoms with Crippen molar-refractivity contribution in [2.45, 2.75) is 25.3 Å². The lowest BCUT2D eigenvalue weighted by Gasteiger charge is -2.25. The molecule has 0 aliphatic carbocycles. The first-order chi connectivity index (χ1) is 18.7. The van der Waals surface area contributed by atoms with Crippen LogP contribution < -0.4 is 14.5 Å². The molecule has 4 rings (SSSR count). The highest BCUT2D eigenvalue weighted by Gasteiger charge is 2.28. The third-order valence-corrected chi connectivity index (χ3v) is 7.88. The van der Waals surface area contributed by atoms with Gasteiger partial charge in [0.05, 0.1) is 16.8 Å². The average molecular weight is 562 g/mol. The number of sulfonamides is 1. The number of aryl methyl sites for hydroxylation is 2. The van der Waals surface area contributed by atoms with Crippen molar-refractivity contribution >= 4 is 39.4 Å². The summed E-state index contributed by atoms with van der Waals surface area (Å²) in [5, 5.41) is 4.69. The van der Waals surface area contributed by atoms with Crippen molar-refractivity contribution in [3.05, 3.63) is 124 Å². The molecule has 0 atom stereocenters. The summed E-state index contributed by atoms with van der Waals surface area (Å²) in [7, 11) is -4.00. The van der Waals surface area contributed by atoms with Crippen LogP contribution in [0.2, 0.25) is 5.02 Å². The van der Waals surface area contributed by atoms with E-state index in [2.05, 4.69) is 10.5 Å². The summed E-state index contributed by atoms with van der Waals surface area (Å²) in [5.41, 5.74) is 6.21. The summed E-state index contributed by atoms with van der Waals surface area (Å²) >= 11 is 5.91. The van der Waals surface area contributed by atoms with Gasteiger partial charge in [-0.15, -0.1) is 0 Å². The Hall–Kier alpha value is -4.14. The molecule has 0 fully saturated rings. The highest BCUT2D eigenvalue weighted by Crippen LogP contribution is 2.27. The number of hydrazone groups is 1. The molecule has 0 saturated carbocycles. The number of carbonyl (C=O) groups excluding carboxylic acids is 1. The molecule has 0 spiro atoms. The fraction of sp³-hybridized carbons (Fsp3) is 0.133. The zero-order valence-corrected chi connectivity index (χ0v) is 23.1. The third-order valence-electron chi connectivity index (χ3n) is 5.85. The Labute approximate surface area is 233 Å². The molecule has 4 aromatic carbocycles. The van der Waals surface area contributed by atoms with Crippen molar-refractivity contribution in [2.75, 3.05) is 10.8 Å². The second kappa shape index (κ2) is 12.6. The molecule has 1 amide bonds. The molecule has 0 radical (unpaired) electrons. The maximum absolute atomic E-state index is 13.5. The van der Waals surface area contributed by atoms with Crippen molar-refractivity contribution in [2.24, 2.45) is 5.10 Å². The van der Waals surface area contributed by atoms with Crippen molar-refractivity contribution < 1.29 is 17.9 Å². The maximum atomic E-state index is 13.5. The molecule has 1 N–H and O–H groups in total. The average Bonchev–Trinajstić information content (AvgIpc) is 2.94. The van der Waals surface area contributed by atoms with E-state index in [1.54, 1.807) is 55.5 Å². The van der Waals surface area contributed by atoms with Gasteiger partial charge in [0, 0.05) is 5.02 Å². The van der Waals surface area contributed by atoms with Crippen LogP contribution in [0, 0.1) is 13.8 Å². The van der Waals surface area contributed by atoms with Crippen molar-refractivity contribution in [3.63, 3.8) is 0 Å². The Bertz CT molecular complexity index is 1560. The first kappa shape index (κ1) is 27.9. The number of benzene rings is 4. The van der Waals surface area contributed by atoms with E-state index >= 15 is 0 Å². The van der Waals surface area contributed by atoms with E-state index < -0.39 is 22.5 Å². The zero-order valence-electron chi connectivity index (χ0n) is 21.5. The molecule has 7 nitrogen and oxygen atoms in total. The third kappa shape index (κ3) is 7.46. The largest absolute Gasteiger partial charge is 0.489 e. The molecule has 39 heavy (non-hydrogen) atoms. The van der Waals surface area contributed by atoms with Crippen LogP contribution in [0.25, 0.3) is 0 Å². The molecule has 4 aromatic rings. The minimum Gasteiger partial charge on any atom is -0.489 e. The first-order valence-electron chi connectivity index (χ1n) is 12.2. The number of amides is 1. The van der Waals surface area contributed by atoms with E-state index in [0.29, 0.717) is 23.1 Å². The molecular formula is C30H28ClN3O4S. The molecule has 0 unspecified atom stereocenters. The van der Waals surface area contributed by atoms with Gasteiger partial charge < -0.3 is 4.74 Å². The molecule has 0 aliphatic heterocycles. The Morgan fingerprint density at radius 2 is 1.64 bits per heavy atom. The second-order valence-electron chi connectivity index (χ2n) is 8.89. The van der Waals surface area contributed by atoms with Gasteiger partial charge in [0.2, 0.25) is 0 Å². The van der Waals surface area contributed by atoms with E-state index in [4.69, 9.17) is 16.3 Å². The number of anilines is 1. The van der Waals surface area contributed by atoms with E-state index in [1.165, 1.54) is 18.3 Å². The number of nitrogens with zero attached hydrogens (tertiary/aromatic N) is 2. The number of halogens is 1. The fourth-order valence-corrected chi connectivity index (χ4v) is 5.37. The summed E-state index contributed by atoms with van der Waals surface area (Å²) in [4.78, 5) is 12.9. The number of rotatable bonds is 10. The highest BCUT2D eigenvalue weighted by molar-refractivity contribution is 7.92. The number of nitrogens with one attached hydrogen (secondary N) is 1. The van der Waals surface area contributed by atoms with Crippen LogP contribution >= 0.6 is 11.6 Å². The Morgan fingerprint density at radius 1 is 0.949 bits per heavy atom. The predicted octanol–water partition coefficient (Wildman–Crippen LogP) is 5.88. The van der Waals surface area contributed by atoms with Crippen LogP contribution in [0.4, 0.5) is 5.69 Å². The first-order valence-corrected chi connectivity index (χ1v) is 14.0. The molecule has 0 heterocycles. The van der Waals surface area contributed by atoms with Gasteiger partial charge in [0.15, 0.2) is 0 Å². The second-order valence-corrected chi connectivity index (χ2v) is 11.2. The Balaban J connectivity index is 1.42. The summed E-state index contributed by atoms with van der Waals surface area (Å²) < 4.78 is 33.9. The standard InChI is InChI=1S/C30H28ClN3O4S/c1-22-8-9-23(2)29(18-22)34(39(36,37)28-6-4-3-5-7-28)20-30(35)33-32-19-24-12-16-27(17-13-24)38-21-25-10-14-26(31)15-11-25/h3-19H,20-21H2,1-2H3,(H,33,35)/b32-19-. The smallest absolute Gasteiger partial charge is 0.264 e. The van der Waals surface area contributed by atoms with Gasteiger partial charge in [-0.3, -0.25) is 9.10 Å². The van der Waals surface area contributed by atoms with Crippen LogP contribution in [-0.4, -0.2) is 27.1 Å². The van der Waals surface area contributed by atoms with E-state index in [1.807, 2.05) is 43.3 Å². The molecule has 0 saturated heterocycles. The quantitative estimate of drug-likeness (QED) is 0.193. The van der Waals surface area contributed by atoms with Gasteiger partial charge in [-0.05, 0) is 90.7 Å². The number of ether oxygens (including phenoxy) is 1. The Kier molecular flexibility index (Phi) is 9.01. The number of carbonyl (C=O) groups is 1. The van der Waals surface area contributed by atoms with Crippen LogP contribution in [0.1, 0.15) is 22.3 Å². The molecular weight excluding hydrogens is 534 g/mol. The zero-order chi connectivity index (χ0) is 27.8. The fourth-order valence-electron chi connectivity index (χ4n) is 3.75. The molecule has 200 valence electrons. The lowest BCUT2D eigenvalue weighted by atomic mass is 10.1. The van der Waals surface area contributed by atoms with E-state index in [9.17, 15) is 13.2 Å². The van der Waals surface area contributed by atoms with Gasteiger partial charge in [0.1, 0.15) is 18.9 Å². The SMILES string of the molecule is Cc1ccc(C)c(N(CC(=O)N/N=C\c2ccc(OCc3ccc(Cl)cc3)cc2)S(=O)(=O)c2ccccc2)c1. The molecule has 0 aliphatic rings. The summed E-state index contributed by atoms with van der Waals surface area (Å²) in [6.45, 7) is 3.65. The van der Waals surface area contributed by atoms with Gasteiger partial charge in [0.25, 0.3) is 15.9 Å². The predicted molar refractivity (Wildman–Crippen MR) is 155 cm³/mol. The van der Waals surface area contributed by atoms with Crippen LogP contribution in [-0.2, 0) is 21.4 Å². The van der Waals surface area contributed by atoms with Gasteiger partial charge >= 0.3 is 0 Å². The maximum Gasteiger partial charge on any atom is 0.264 e. The summed E-state index contributed by atoms with van der Waals surface area (Å²) in [5.74, 6) is 0.107.